The third kappa shape index (κ3) is 3.37. The van der Waals surface area contributed by atoms with Crippen molar-refractivity contribution in [1.82, 2.24) is 25.1 Å². The fraction of sp³-hybridized carbons (Fsp3) is 0.211. The molecule has 1 aromatic carbocycles. The molecule has 1 aliphatic rings. The molecule has 0 unspecified atom stereocenters. The summed E-state index contributed by atoms with van der Waals surface area (Å²) in [5.41, 5.74) is 2.11. The quantitative estimate of drug-likeness (QED) is 0.721. The number of benzene rings is 1. The van der Waals surface area contributed by atoms with Crippen LogP contribution in [0.1, 0.15) is 10.5 Å². The first-order valence-electron chi connectivity index (χ1n) is 8.52. The zero-order valence-electron chi connectivity index (χ0n) is 14.2. The Balaban J connectivity index is 1.41. The van der Waals surface area contributed by atoms with Crippen LogP contribution in [0, 0.1) is 0 Å². The maximum Gasteiger partial charge on any atom is 0.274 e. The molecule has 0 atom stereocenters. The van der Waals surface area contributed by atoms with Gasteiger partial charge in [0.2, 0.25) is 5.95 Å². The standard InChI is InChI=1S/C19H18N6O/c26-18(17-8-7-16(22-23-17)15-5-2-1-3-6-15)24-11-13-25(14-12-24)19-20-9-4-10-21-19/h1-10H,11-14H2. The zero-order valence-corrected chi connectivity index (χ0v) is 14.2. The smallest absolute Gasteiger partial charge is 0.274 e. The van der Waals surface area contributed by atoms with E-state index in [0.29, 0.717) is 37.8 Å². The predicted octanol–water partition coefficient (Wildman–Crippen LogP) is 1.90. The number of hydrogen-bond acceptors (Lipinski definition) is 6. The van der Waals surface area contributed by atoms with E-state index in [4.69, 9.17) is 0 Å². The molecule has 7 heteroatoms. The Bertz CT molecular complexity index is 862. The van der Waals surface area contributed by atoms with Crippen LogP contribution in [0.5, 0.6) is 0 Å². The fourth-order valence-corrected chi connectivity index (χ4v) is 2.94. The molecule has 3 heterocycles. The summed E-state index contributed by atoms with van der Waals surface area (Å²) in [6.07, 6.45) is 3.45. The maximum absolute atomic E-state index is 12.7. The molecule has 3 aromatic rings. The van der Waals surface area contributed by atoms with Crippen LogP contribution in [0.2, 0.25) is 0 Å². The van der Waals surface area contributed by atoms with Crippen molar-refractivity contribution in [2.45, 2.75) is 0 Å². The molecule has 1 amide bonds. The Labute approximate surface area is 151 Å². The highest BCUT2D eigenvalue weighted by Crippen LogP contribution is 2.16. The van der Waals surface area contributed by atoms with Crippen LogP contribution in [0.4, 0.5) is 5.95 Å². The summed E-state index contributed by atoms with van der Waals surface area (Å²) in [5.74, 6) is 0.609. The van der Waals surface area contributed by atoms with Crippen molar-refractivity contribution in [3.8, 4) is 11.3 Å². The zero-order chi connectivity index (χ0) is 17.8. The second kappa shape index (κ2) is 7.26. The molecule has 0 saturated carbocycles. The minimum absolute atomic E-state index is 0.0919. The first kappa shape index (κ1) is 16.1. The molecule has 7 nitrogen and oxygen atoms in total. The van der Waals surface area contributed by atoms with Gasteiger partial charge in [-0.2, -0.15) is 0 Å². The van der Waals surface area contributed by atoms with Crippen molar-refractivity contribution in [2.75, 3.05) is 31.1 Å². The Morgan fingerprint density at radius 3 is 2.19 bits per heavy atom. The molecule has 0 spiro atoms. The number of piperazine rings is 1. The van der Waals surface area contributed by atoms with Gasteiger partial charge < -0.3 is 9.80 Å². The molecule has 130 valence electrons. The lowest BCUT2D eigenvalue weighted by molar-refractivity contribution is 0.0739. The van der Waals surface area contributed by atoms with Crippen LogP contribution in [0.25, 0.3) is 11.3 Å². The Hall–Kier alpha value is -3.35. The van der Waals surface area contributed by atoms with Gasteiger partial charge in [-0.1, -0.05) is 30.3 Å². The van der Waals surface area contributed by atoms with Crippen molar-refractivity contribution >= 4 is 11.9 Å². The molecule has 1 fully saturated rings. The summed E-state index contributed by atoms with van der Waals surface area (Å²) >= 11 is 0. The number of nitrogens with zero attached hydrogens (tertiary/aromatic N) is 6. The van der Waals surface area contributed by atoms with Crippen LogP contribution in [0.3, 0.4) is 0 Å². The predicted molar refractivity (Wildman–Crippen MR) is 97.6 cm³/mol. The van der Waals surface area contributed by atoms with E-state index in [0.717, 1.165) is 11.3 Å². The van der Waals surface area contributed by atoms with Gasteiger partial charge in [-0.25, -0.2) is 9.97 Å². The average molecular weight is 346 g/mol. The SMILES string of the molecule is O=C(c1ccc(-c2ccccc2)nn1)N1CCN(c2ncccn2)CC1. The van der Waals surface area contributed by atoms with Crippen molar-refractivity contribution in [1.29, 1.82) is 0 Å². The Morgan fingerprint density at radius 1 is 0.808 bits per heavy atom. The van der Waals surface area contributed by atoms with E-state index >= 15 is 0 Å². The molecule has 0 bridgehead atoms. The lowest BCUT2D eigenvalue weighted by atomic mass is 10.1. The maximum atomic E-state index is 12.7. The van der Waals surface area contributed by atoms with Crippen LogP contribution >= 0.6 is 0 Å². The molecular formula is C19H18N6O. The van der Waals surface area contributed by atoms with E-state index in [9.17, 15) is 4.79 Å². The topological polar surface area (TPSA) is 75.1 Å². The molecule has 0 aliphatic carbocycles. The number of rotatable bonds is 3. The fourth-order valence-electron chi connectivity index (χ4n) is 2.94. The first-order valence-corrected chi connectivity index (χ1v) is 8.52. The van der Waals surface area contributed by atoms with Gasteiger partial charge in [-0.3, -0.25) is 4.79 Å². The van der Waals surface area contributed by atoms with Crippen LogP contribution in [-0.4, -0.2) is 57.2 Å². The van der Waals surface area contributed by atoms with Gasteiger partial charge in [-0.15, -0.1) is 10.2 Å². The summed E-state index contributed by atoms with van der Waals surface area (Å²) < 4.78 is 0. The number of amides is 1. The van der Waals surface area contributed by atoms with Gasteiger partial charge in [0.15, 0.2) is 5.69 Å². The highest BCUT2D eigenvalue weighted by molar-refractivity contribution is 5.92. The molecule has 1 aliphatic heterocycles. The van der Waals surface area contributed by atoms with Crippen LogP contribution in [-0.2, 0) is 0 Å². The van der Waals surface area contributed by atoms with Crippen molar-refractivity contribution < 1.29 is 4.79 Å². The van der Waals surface area contributed by atoms with E-state index in [1.807, 2.05) is 36.4 Å². The van der Waals surface area contributed by atoms with E-state index in [1.165, 1.54) is 0 Å². The van der Waals surface area contributed by atoms with Crippen LogP contribution < -0.4 is 4.90 Å². The number of hydrogen-bond donors (Lipinski definition) is 0. The van der Waals surface area contributed by atoms with E-state index in [1.54, 1.807) is 29.4 Å². The molecular weight excluding hydrogens is 328 g/mol. The monoisotopic (exact) mass is 346 g/mol. The number of carbonyl (C=O) groups is 1. The minimum atomic E-state index is -0.0919. The summed E-state index contributed by atoms with van der Waals surface area (Å²) in [5, 5.41) is 8.33. The van der Waals surface area contributed by atoms with Crippen molar-refractivity contribution in [3.05, 3.63) is 66.6 Å². The Kier molecular flexibility index (Phi) is 4.51. The molecule has 1 saturated heterocycles. The van der Waals surface area contributed by atoms with E-state index < -0.39 is 0 Å². The molecule has 2 aromatic heterocycles. The Morgan fingerprint density at radius 2 is 1.54 bits per heavy atom. The van der Waals surface area contributed by atoms with Gasteiger partial charge in [0.05, 0.1) is 5.69 Å². The highest BCUT2D eigenvalue weighted by atomic mass is 16.2. The molecule has 0 N–H and O–H groups in total. The lowest BCUT2D eigenvalue weighted by Crippen LogP contribution is -2.49. The van der Waals surface area contributed by atoms with Crippen LogP contribution in [0.15, 0.2) is 60.9 Å². The number of aromatic nitrogens is 4. The second-order valence-electron chi connectivity index (χ2n) is 6.00. The van der Waals surface area contributed by atoms with Gasteiger partial charge >= 0.3 is 0 Å². The van der Waals surface area contributed by atoms with Gasteiger partial charge in [0.25, 0.3) is 5.91 Å². The molecule has 0 radical (unpaired) electrons. The largest absolute Gasteiger partial charge is 0.337 e. The van der Waals surface area contributed by atoms with Gasteiger partial charge in [0, 0.05) is 44.1 Å². The number of anilines is 1. The second-order valence-corrected chi connectivity index (χ2v) is 6.00. The first-order chi connectivity index (χ1) is 12.8. The summed E-state index contributed by atoms with van der Waals surface area (Å²) in [6, 6.07) is 15.2. The highest BCUT2D eigenvalue weighted by Gasteiger charge is 2.24. The molecule has 4 rings (SSSR count). The number of carbonyl (C=O) groups excluding carboxylic acids is 1. The summed E-state index contributed by atoms with van der Waals surface area (Å²) in [7, 11) is 0. The molecule has 26 heavy (non-hydrogen) atoms. The van der Waals surface area contributed by atoms with E-state index in [-0.39, 0.29) is 5.91 Å². The lowest BCUT2D eigenvalue weighted by Gasteiger charge is -2.34. The van der Waals surface area contributed by atoms with E-state index in [2.05, 4.69) is 25.1 Å². The van der Waals surface area contributed by atoms with Gasteiger partial charge in [0.1, 0.15) is 0 Å². The third-order valence-electron chi connectivity index (χ3n) is 4.36. The summed E-state index contributed by atoms with van der Waals surface area (Å²) in [4.78, 5) is 25.1. The third-order valence-corrected chi connectivity index (χ3v) is 4.36. The van der Waals surface area contributed by atoms with Crippen molar-refractivity contribution in [2.24, 2.45) is 0 Å². The normalized spacial score (nSPS) is 14.3. The summed E-state index contributed by atoms with van der Waals surface area (Å²) in [6.45, 7) is 2.62. The van der Waals surface area contributed by atoms with Gasteiger partial charge in [-0.05, 0) is 18.2 Å². The average Bonchev–Trinajstić information content (AvgIpc) is 2.75. The van der Waals surface area contributed by atoms with Crippen molar-refractivity contribution in [3.63, 3.8) is 0 Å². The minimum Gasteiger partial charge on any atom is -0.337 e.